The summed E-state index contributed by atoms with van der Waals surface area (Å²) in [5, 5.41) is 10.9. The number of carboxylic acids is 1. The number of benzene rings is 2. The highest BCUT2D eigenvalue weighted by molar-refractivity contribution is 6.03. The van der Waals surface area contributed by atoms with Crippen molar-refractivity contribution in [3.63, 3.8) is 0 Å². The predicted octanol–water partition coefficient (Wildman–Crippen LogP) is 3.66. The maximum atomic E-state index is 11.0. The summed E-state index contributed by atoms with van der Waals surface area (Å²) < 4.78 is 0. The Kier molecular flexibility index (Phi) is 2.65. The van der Waals surface area contributed by atoms with Crippen molar-refractivity contribution in [1.82, 2.24) is 0 Å². The maximum absolute atomic E-state index is 11.0. The normalized spacial score (nSPS) is 10.9. The summed E-state index contributed by atoms with van der Waals surface area (Å²) in [6.45, 7) is 4.25. The molecule has 0 saturated carbocycles. The molecule has 0 aromatic heterocycles. The summed E-state index contributed by atoms with van der Waals surface area (Å²) in [7, 11) is 0. The Morgan fingerprint density at radius 2 is 1.94 bits per heavy atom. The van der Waals surface area contributed by atoms with Crippen LogP contribution in [0.1, 0.15) is 35.7 Å². The molecule has 0 aliphatic rings. The van der Waals surface area contributed by atoms with Gasteiger partial charge in [-0.2, -0.15) is 0 Å². The number of hydrogen-bond donors (Lipinski definition) is 1. The molecule has 82 valence electrons. The number of carbonyl (C=O) groups is 1. The van der Waals surface area contributed by atoms with E-state index in [0.717, 1.165) is 10.8 Å². The molecule has 0 heterocycles. The van der Waals surface area contributed by atoms with Crippen LogP contribution in [0.3, 0.4) is 0 Å². The van der Waals surface area contributed by atoms with E-state index in [1.165, 1.54) is 5.56 Å². The molecule has 0 atom stereocenters. The quantitative estimate of drug-likeness (QED) is 0.828. The van der Waals surface area contributed by atoms with E-state index < -0.39 is 5.97 Å². The summed E-state index contributed by atoms with van der Waals surface area (Å²) >= 11 is 0. The Hall–Kier alpha value is -1.83. The van der Waals surface area contributed by atoms with E-state index in [1.54, 1.807) is 12.1 Å². The molecule has 0 fully saturated rings. The zero-order valence-corrected chi connectivity index (χ0v) is 9.40. The van der Waals surface area contributed by atoms with Crippen molar-refractivity contribution in [2.45, 2.75) is 19.8 Å². The van der Waals surface area contributed by atoms with Gasteiger partial charge in [0.2, 0.25) is 0 Å². The molecule has 0 saturated heterocycles. The van der Waals surface area contributed by atoms with E-state index in [2.05, 4.69) is 19.9 Å². The molecule has 16 heavy (non-hydrogen) atoms. The van der Waals surface area contributed by atoms with Crippen molar-refractivity contribution in [3.05, 3.63) is 47.5 Å². The Labute approximate surface area is 94.5 Å². The summed E-state index contributed by atoms with van der Waals surface area (Å²) in [6, 6.07) is 11.3. The van der Waals surface area contributed by atoms with Crippen LogP contribution in [0.25, 0.3) is 10.8 Å². The summed E-state index contributed by atoms with van der Waals surface area (Å²) in [5.41, 5.74) is 1.60. The second kappa shape index (κ2) is 3.97. The van der Waals surface area contributed by atoms with Crippen molar-refractivity contribution in [1.29, 1.82) is 0 Å². The zero-order chi connectivity index (χ0) is 11.7. The molecular formula is C14H14O2. The standard InChI is InChI=1S/C14H14O2/c1-9(2)10-6-7-12-11(8-10)4-3-5-13(12)14(15)16/h3-9H,1-2H3,(H,15,16). The average Bonchev–Trinajstić information content (AvgIpc) is 2.27. The van der Waals surface area contributed by atoms with Gasteiger partial charge in [-0.1, -0.05) is 44.2 Å². The highest BCUT2D eigenvalue weighted by Crippen LogP contribution is 2.23. The van der Waals surface area contributed by atoms with E-state index in [9.17, 15) is 4.79 Å². The van der Waals surface area contributed by atoms with Crippen LogP contribution in [-0.4, -0.2) is 11.1 Å². The minimum atomic E-state index is -0.872. The lowest BCUT2D eigenvalue weighted by molar-refractivity contribution is 0.0699. The molecule has 2 aromatic rings. The molecule has 0 unspecified atom stereocenters. The maximum Gasteiger partial charge on any atom is 0.336 e. The van der Waals surface area contributed by atoms with E-state index in [1.807, 2.05) is 18.2 Å². The van der Waals surface area contributed by atoms with Crippen LogP contribution in [0.15, 0.2) is 36.4 Å². The van der Waals surface area contributed by atoms with Crippen molar-refractivity contribution in [3.8, 4) is 0 Å². The van der Waals surface area contributed by atoms with Crippen LogP contribution in [-0.2, 0) is 0 Å². The van der Waals surface area contributed by atoms with Crippen molar-refractivity contribution in [2.24, 2.45) is 0 Å². The SMILES string of the molecule is CC(C)c1ccc2c(C(=O)O)cccc2c1. The summed E-state index contributed by atoms with van der Waals surface area (Å²) in [6.07, 6.45) is 0. The molecule has 0 aliphatic heterocycles. The third-order valence-corrected chi connectivity index (χ3v) is 2.80. The second-order valence-electron chi connectivity index (χ2n) is 4.25. The Balaban J connectivity index is 2.69. The molecule has 0 amide bonds. The van der Waals surface area contributed by atoms with Gasteiger partial charge in [0.25, 0.3) is 0 Å². The average molecular weight is 214 g/mol. The number of rotatable bonds is 2. The predicted molar refractivity (Wildman–Crippen MR) is 65.0 cm³/mol. The van der Waals surface area contributed by atoms with E-state index in [-0.39, 0.29) is 0 Å². The van der Waals surface area contributed by atoms with Gasteiger partial charge in [0.15, 0.2) is 0 Å². The number of aromatic carboxylic acids is 1. The van der Waals surface area contributed by atoms with E-state index in [0.29, 0.717) is 11.5 Å². The largest absolute Gasteiger partial charge is 0.478 e. The first kappa shape index (κ1) is 10.7. The number of carboxylic acid groups (broad SMARTS) is 1. The summed E-state index contributed by atoms with van der Waals surface area (Å²) in [5.74, 6) is -0.416. The Bertz CT molecular complexity index is 541. The van der Waals surface area contributed by atoms with Crippen LogP contribution in [0.2, 0.25) is 0 Å². The lowest BCUT2D eigenvalue weighted by atomic mass is 9.97. The van der Waals surface area contributed by atoms with Gasteiger partial charge >= 0.3 is 5.97 Å². The molecule has 2 aromatic carbocycles. The fourth-order valence-corrected chi connectivity index (χ4v) is 1.85. The Morgan fingerprint density at radius 3 is 2.56 bits per heavy atom. The van der Waals surface area contributed by atoms with Gasteiger partial charge in [0.1, 0.15) is 0 Å². The van der Waals surface area contributed by atoms with Gasteiger partial charge in [0.05, 0.1) is 5.56 Å². The molecule has 0 radical (unpaired) electrons. The molecule has 0 spiro atoms. The van der Waals surface area contributed by atoms with Gasteiger partial charge in [0, 0.05) is 0 Å². The van der Waals surface area contributed by atoms with Gasteiger partial charge in [-0.05, 0) is 28.3 Å². The van der Waals surface area contributed by atoms with Gasteiger partial charge in [-0.15, -0.1) is 0 Å². The van der Waals surface area contributed by atoms with Crippen LogP contribution in [0, 0.1) is 0 Å². The van der Waals surface area contributed by atoms with Crippen molar-refractivity contribution < 1.29 is 9.90 Å². The number of hydrogen-bond acceptors (Lipinski definition) is 1. The smallest absolute Gasteiger partial charge is 0.336 e. The third kappa shape index (κ3) is 1.78. The highest BCUT2D eigenvalue weighted by atomic mass is 16.4. The minimum absolute atomic E-state index is 0.368. The van der Waals surface area contributed by atoms with Crippen LogP contribution < -0.4 is 0 Å². The van der Waals surface area contributed by atoms with Crippen LogP contribution in [0.4, 0.5) is 0 Å². The van der Waals surface area contributed by atoms with Crippen molar-refractivity contribution >= 4 is 16.7 Å². The first-order valence-electron chi connectivity index (χ1n) is 5.35. The fraction of sp³-hybridized carbons (Fsp3) is 0.214. The van der Waals surface area contributed by atoms with Gasteiger partial charge in [-0.3, -0.25) is 0 Å². The first-order chi connectivity index (χ1) is 7.59. The topological polar surface area (TPSA) is 37.3 Å². The molecule has 2 heteroatoms. The van der Waals surface area contributed by atoms with Crippen LogP contribution in [0.5, 0.6) is 0 Å². The number of fused-ring (bicyclic) bond motifs is 1. The first-order valence-corrected chi connectivity index (χ1v) is 5.35. The third-order valence-electron chi connectivity index (χ3n) is 2.80. The molecular weight excluding hydrogens is 200 g/mol. The van der Waals surface area contributed by atoms with E-state index in [4.69, 9.17) is 5.11 Å². The monoisotopic (exact) mass is 214 g/mol. The lowest BCUT2D eigenvalue weighted by Crippen LogP contribution is -1.97. The van der Waals surface area contributed by atoms with E-state index >= 15 is 0 Å². The molecule has 2 rings (SSSR count). The minimum Gasteiger partial charge on any atom is -0.478 e. The fourth-order valence-electron chi connectivity index (χ4n) is 1.85. The highest BCUT2D eigenvalue weighted by Gasteiger charge is 2.08. The second-order valence-corrected chi connectivity index (χ2v) is 4.25. The molecule has 2 nitrogen and oxygen atoms in total. The Morgan fingerprint density at radius 1 is 1.19 bits per heavy atom. The molecule has 0 aliphatic carbocycles. The van der Waals surface area contributed by atoms with Gasteiger partial charge in [-0.25, -0.2) is 4.79 Å². The molecule has 0 bridgehead atoms. The zero-order valence-electron chi connectivity index (χ0n) is 9.40. The van der Waals surface area contributed by atoms with Crippen LogP contribution >= 0.6 is 0 Å². The molecule has 1 N–H and O–H groups in total. The van der Waals surface area contributed by atoms with Gasteiger partial charge < -0.3 is 5.11 Å². The lowest BCUT2D eigenvalue weighted by Gasteiger charge is -2.08. The summed E-state index contributed by atoms with van der Waals surface area (Å²) in [4.78, 5) is 11.0. The van der Waals surface area contributed by atoms with Crippen molar-refractivity contribution in [2.75, 3.05) is 0 Å².